The van der Waals surface area contributed by atoms with E-state index in [1.165, 1.54) is 32.1 Å². The molecule has 0 aliphatic heterocycles. The van der Waals surface area contributed by atoms with E-state index in [1.54, 1.807) is 0 Å². The number of ether oxygens (including phenoxy) is 2. The lowest BCUT2D eigenvalue weighted by atomic mass is 9.87. The Balaban J connectivity index is 1.53. The zero-order valence-electron chi connectivity index (χ0n) is 20.0. The monoisotopic (exact) mass is 435 g/mol. The summed E-state index contributed by atoms with van der Waals surface area (Å²) in [6, 6.07) is 10.2. The normalized spacial score (nSPS) is 15.1. The van der Waals surface area contributed by atoms with Gasteiger partial charge < -0.3 is 14.5 Å². The molecule has 0 radical (unpaired) electrons. The van der Waals surface area contributed by atoms with Crippen molar-refractivity contribution < 1.29 is 9.47 Å². The van der Waals surface area contributed by atoms with E-state index < -0.39 is 0 Å². The summed E-state index contributed by atoms with van der Waals surface area (Å²) in [6.45, 7) is 9.25. The highest BCUT2D eigenvalue weighted by molar-refractivity contribution is 5.78. The molecule has 2 heterocycles. The van der Waals surface area contributed by atoms with Crippen molar-refractivity contribution in [1.29, 1.82) is 0 Å². The number of pyridine rings is 1. The number of imidazole rings is 1. The minimum atomic E-state index is 0.0615. The van der Waals surface area contributed by atoms with Gasteiger partial charge in [0.1, 0.15) is 17.3 Å². The van der Waals surface area contributed by atoms with Crippen molar-refractivity contribution in [2.24, 2.45) is 11.8 Å². The highest BCUT2D eigenvalue weighted by atomic mass is 16.5. The first-order chi connectivity index (χ1) is 15.5. The van der Waals surface area contributed by atoms with Crippen molar-refractivity contribution in [3.8, 4) is 22.9 Å². The van der Waals surface area contributed by atoms with E-state index in [9.17, 15) is 0 Å². The molecule has 5 heteroatoms. The molecule has 32 heavy (non-hydrogen) atoms. The third kappa shape index (κ3) is 5.81. The SMILES string of the molecule is CC(C)Cc1ccc2[nH]c(-c3ccc(OCCC4CCCCC4)cc3OC(C)C)nc2n1. The molecule has 4 rings (SSSR count). The maximum Gasteiger partial charge on any atom is 0.178 e. The Bertz CT molecular complexity index is 1020. The third-order valence-corrected chi connectivity index (χ3v) is 6.11. The molecule has 0 saturated heterocycles. The molecule has 1 fully saturated rings. The lowest BCUT2D eigenvalue weighted by Gasteiger charge is -2.21. The number of H-pyrrole nitrogens is 1. The zero-order valence-corrected chi connectivity index (χ0v) is 20.0. The molecule has 5 nitrogen and oxygen atoms in total. The van der Waals surface area contributed by atoms with Crippen molar-refractivity contribution in [3.63, 3.8) is 0 Å². The standard InChI is InChI=1S/C27H37N3O2/c1-18(2)16-21-10-13-24-27(28-21)30-26(29-24)23-12-11-22(17-25(23)32-19(3)4)31-15-14-20-8-6-5-7-9-20/h10-13,17-20H,5-9,14-16H2,1-4H3,(H,28,29,30). The Morgan fingerprint density at radius 1 is 1.00 bits per heavy atom. The Labute approximate surface area is 192 Å². The van der Waals surface area contributed by atoms with Crippen LogP contribution in [0.1, 0.15) is 71.9 Å². The Morgan fingerprint density at radius 2 is 1.81 bits per heavy atom. The maximum atomic E-state index is 6.15. The molecule has 3 aromatic rings. The molecule has 1 aliphatic carbocycles. The van der Waals surface area contributed by atoms with Crippen LogP contribution in [0.25, 0.3) is 22.6 Å². The molecule has 2 aromatic heterocycles. The van der Waals surface area contributed by atoms with Crippen molar-refractivity contribution in [3.05, 3.63) is 36.0 Å². The van der Waals surface area contributed by atoms with Gasteiger partial charge in [-0.05, 0) is 62.8 Å². The van der Waals surface area contributed by atoms with Crippen LogP contribution in [-0.4, -0.2) is 27.7 Å². The molecule has 0 bridgehead atoms. The molecule has 1 aliphatic rings. The van der Waals surface area contributed by atoms with Crippen LogP contribution < -0.4 is 9.47 Å². The summed E-state index contributed by atoms with van der Waals surface area (Å²) in [5.41, 5.74) is 3.70. The fraction of sp³-hybridized carbons (Fsp3) is 0.556. The number of aromatic nitrogens is 3. The van der Waals surface area contributed by atoms with Gasteiger partial charge in [-0.15, -0.1) is 0 Å². The minimum absolute atomic E-state index is 0.0615. The van der Waals surface area contributed by atoms with Crippen molar-refractivity contribution in [2.45, 2.75) is 78.7 Å². The number of nitrogens with zero attached hydrogens (tertiary/aromatic N) is 2. The van der Waals surface area contributed by atoms with Gasteiger partial charge in [-0.3, -0.25) is 0 Å². The van der Waals surface area contributed by atoms with Gasteiger partial charge in [-0.2, -0.15) is 0 Å². The van der Waals surface area contributed by atoms with Gasteiger partial charge in [0.15, 0.2) is 5.65 Å². The van der Waals surface area contributed by atoms with Gasteiger partial charge >= 0.3 is 0 Å². The van der Waals surface area contributed by atoms with Crippen LogP contribution in [0.5, 0.6) is 11.5 Å². The third-order valence-electron chi connectivity index (χ3n) is 6.11. The largest absolute Gasteiger partial charge is 0.493 e. The molecule has 1 aromatic carbocycles. The average Bonchev–Trinajstić information content (AvgIpc) is 3.17. The highest BCUT2D eigenvalue weighted by Gasteiger charge is 2.16. The van der Waals surface area contributed by atoms with E-state index in [4.69, 9.17) is 19.4 Å². The average molecular weight is 436 g/mol. The van der Waals surface area contributed by atoms with E-state index in [2.05, 4.69) is 31.0 Å². The topological polar surface area (TPSA) is 60.0 Å². The summed E-state index contributed by atoms with van der Waals surface area (Å²) in [6.07, 6.45) is 8.99. The minimum Gasteiger partial charge on any atom is -0.493 e. The second-order valence-corrected chi connectivity index (χ2v) is 9.82. The lowest BCUT2D eigenvalue weighted by Crippen LogP contribution is -2.11. The van der Waals surface area contributed by atoms with Gasteiger partial charge in [0.25, 0.3) is 0 Å². The van der Waals surface area contributed by atoms with Crippen LogP contribution in [0.3, 0.4) is 0 Å². The molecular formula is C27H37N3O2. The van der Waals surface area contributed by atoms with Crippen LogP contribution in [0.4, 0.5) is 0 Å². The maximum absolute atomic E-state index is 6.15. The first kappa shape index (κ1) is 22.6. The number of hydrogen-bond donors (Lipinski definition) is 1. The van der Waals surface area contributed by atoms with Gasteiger partial charge in [0.2, 0.25) is 0 Å². The Morgan fingerprint density at radius 3 is 2.56 bits per heavy atom. The van der Waals surface area contributed by atoms with E-state index in [-0.39, 0.29) is 6.10 Å². The molecule has 1 N–H and O–H groups in total. The van der Waals surface area contributed by atoms with Gasteiger partial charge in [-0.25, -0.2) is 9.97 Å². The number of fused-ring (bicyclic) bond motifs is 1. The summed E-state index contributed by atoms with van der Waals surface area (Å²) >= 11 is 0. The van der Waals surface area contributed by atoms with Gasteiger partial charge in [-0.1, -0.05) is 46.0 Å². The summed E-state index contributed by atoms with van der Waals surface area (Å²) in [5, 5.41) is 0. The van der Waals surface area contributed by atoms with E-state index in [1.807, 2.05) is 32.0 Å². The molecule has 172 valence electrons. The fourth-order valence-corrected chi connectivity index (χ4v) is 4.55. The first-order valence-electron chi connectivity index (χ1n) is 12.3. The van der Waals surface area contributed by atoms with Gasteiger partial charge in [0, 0.05) is 11.8 Å². The summed E-state index contributed by atoms with van der Waals surface area (Å²) in [5.74, 6) is 3.80. The summed E-state index contributed by atoms with van der Waals surface area (Å²) < 4.78 is 12.3. The summed E-state index contributed by atoms with van der Waals surface area (Å²) in [4.78, 5) is 12.9. The van der Waals surface area contributed by atoms with Crippen LogP contribution in [0.2, 0.25) is 0 Å². The van der Waals surface area contributed by atoms with Crippen molar-refractivity contribution >= 4 is 11.2 Å². The first-order valence-corrected chi connectivity index (χ1v) is 12.3. The van der Waals surface area contributed by atoms with Crippen molar-refractivity contribution in [2.75, 3.05) is 6.61 Å². The van der Waals surface area contributed by atoms with E-state index >= 15 is 0 Å². The quantitative estimate of drug-likeness (QED) is 0.395. The second-order valence-electron chi connectivity index (χ2n) is 9.82. The molecule has 0 atom stereocenters. The van der Waals surface area contributed by atoms with E-state index in [0.717, 1.165) is 65.1 Å². The van der Waals surface area contributed by atoms with Crippen LogP contribution in [0, 0.1) is 11.8 Å². The molecule has 0 spiro atoms. The molecule has 1 saturated carbocycles. The molecular weight excluding hydrogens is 398 g/mol. The highest BCUT2D eigenvalue weighted by Crippen LogP contribution is 2.34. The second kappa shape index (κ2) is 10.4. The Kier molecular flexibility index (Phi) is 7.33. The van der Waals surface area contributed by atoms with E-state index in [0.29, 0.717) is 5.92 Å². The number of hydrogen-bond acceptors (Lipinski definition) is 4. The van der Waals surface area contributed by atoms with Crippen molar-refractivity contribution in [1.82, 2.24) is 15.0 Å². The summed E-state index contributed by atoms with van der Waals surface area (Å²) in [7, 11) is 0. The van der Waals surface area contributed by atoms with Crippen LogP contribution in [0.15, 0.2) is 30.3 Å². The zero-order chi connectivity index (χ0) is 22.5. The number of nitrogens with one attached hydrogen (secondary N) is 1. The van der Waals surface area contributed by atoms with Crippen LogP contribution >= 0.6 is 0 Å². The number of aromatic amines is 1. The Hall–Kier alpha value is -2.56. The number of benzene rings is 1. The molecule has 0 unspecified atom stereocenters. The fourth-order valence-electron chi connectivity index (χ4n) is 4.55. The predicted octanol–water partition coefficient (Wildman–Crippen LogP) is 6.96. The number of rotatable bonds is 9. The predicted molar refractivity (Wildman–Crippen MR) is 130 cm³/mol. The van der Waals surface area contributed by atoms with Crippen LogP contribution in [-0.2, 0) is 6.42 Å². The lowest BCUT2D eigenvalue weighted by molar-refractivity contribution is 0.234. The van der Waals surface area contributed by atoms with Gasteiger partial charge in [0.05, 0.1) is 23.8 Å². The molecule has 0 amide bonds. The smallest absolute Gasteiger partial charge is 0.178 e.